The van der Waals surface area contributed by atoms with Crippen molar-refractivity contribution in [2.24, 2.45) is 5.41 Å². The SMILES string of the molecule is CNC(=O)C(NC(=O)c1nc(-c2ccccc2)n2c1CN(C)CCC2)C(C)(C)C. The van der Waals surface area contributed by atoms with E-state index in [0.29, 0.717) is 12.2 Å². The summed E-state index contributed by atoms with van der Waals surface area (Å²) in [6.45, 7) is 8.21. The van der Waals surface area contributed by atoms with Gasteiger partial charge in [0, 0.05) is 25.7 Å². The summed E-state index contributed by atoms with van der Waals surface area (Å²) in [6, 6.07) is 9.28. The minimum atomic E-state index is -0.652. The van der Waals surface area contributed by atoms with E-state index >= 15 is 0 Å². The second-order valence-corrected chi connectivity index (χ2v) is 8.73. The molecule has 0 saturated heterocycles. The third-order valence-corrected chi connectivity index (χ3v) is 5.31. The van der Waals surface area contributed by atoms with E-state index in [0.717, 1.165) is 36.6 Å². The predicted octanol–water partition coefficient (Wildman–Crippen LogP) is 2.28. The molecule has 0 fully saturated rings. The quantitative estimate of drug-likeness (QED) is 0.830. The number of aromatic nitrogens is 2. The summed E-state index contributed by atoms with van der Waals surface area (Å²) in [5, 5.41) is 5.58. The Kier molecular flexibility index (Phi) is 6.07. The standard InChI is InChI=1S/C22H31N5O2/c1-22(2,3)18(21(29)23-4)25-20(28)17-16-14-26(5)12-9-13-27(16)19(24-17)15-10-7-6-8-11-15/h6-8,10-11,18H,9,12-14H2,1-5H3,(H,23,29)(H,25,28). The first-order valence-electron chi connectivity index (χ1n) is 10.1. The van der Waals surface area contributed by atoms with Gasteiger partial charge in [-0.1, -0.05) is 51.1 Å². The van der Waals surface area contributed by atoms with E-state index in [1.807, 2.05) is 51.1 Å². The van der Waals surface area contributed by atoms with Gasteiger partial charge >= 0.3 is 0 Å². The molecule has 2 amide bonds. The fraction of sp³-hybridized carbons (Fsp3) is 0.500. The number of hydrogen-bond donors (Lipinski definition) is 2. The zero-order chi connectivity index (χ0) is 21.2. The largest absolute Gasteiger partial charge is 0.357 e. The van der Waals surface area contributed by atoms with Crippen LogP contribution in [0.25, 0.3) is 11.4 Å². The first kappa shape index (κ1) is 21.0. The van der Waals surface area contributed by atoms with Crippen molar-refractivity contribution in [3.8, 4) is 11.4 Å². The molecule has 1 aromatic carbocycles. The molecule has 0 bridgehead atoms. The number of imidazole rings is 1. The van der Waals surface area contributed by atoms with Gasteiger partial charge in [0.15, 0.2) is 5.69 Å². The molecule has 0 spiro atoms. The highest BCUT2D eigenvalue weighted by atomic mass is 16.2. The Morgan fingerprint density at radius 1 is 1.14 bits per heavy atom. The van der Waals surface area contributed by atoms with Gasteiger partial charge in [0.25, 0.3) is 5.91 Å². The van der Waals surface area contributed by atoms with Crippen molar-refractivity contribution < 1.29 is 9.59 Å². The van der Waals surface area contributed by atoms with Crippen molar-refractivity contribution >= 4 is 11.8 Å². The van der Waals surface area contributed by atoms with Crippen LogP contribution < -0.4 is 10.6 Å². The van der Waals surface area contributed by atoms with Gasteiger partial charge < -0.3 is 20.1 Å². The molecule has 29 heavy (non-hydrogen) atoms. The molecule has 7 nitrogen and oxygen atoms in total. The number of rotatable bonds is 4. The first-order valence-corrected chi connectivity index (χ1v) is 10.1. The van der Waals surface area contributed by atoms with Crippen molar-refractivity contribution in [1.29, 1.82) is 0 Å². The highest BCUT2D eigenvalue weighted by Gasteiger charge is 2.34. The Morgan fingerprint density at radius 3 is 2.45 bits per heavy atom. The van der Waals surface area contributed by atoms with Crippen molar-refractivity contribution in [1.82, 2.24) is 25.1 Å². The number of carbonyl (C=O) groups is 2. The van der Waals surface area contributed by atoms with E-state index in [1.54, 1.807) is 7.05 Å². The Balaban J connectivity index is 2.03. The van der Waals surface area contributed by atoms with Crippen LogP contribution in [-0.2, 0) is 17.9 Å². The summed E-state index contributed by atoms with van der Waals surface area (Å²) in [6.07, 6.45) is 0.990. The van der Waals surface area contributed by atoms with Gasteiger partial charge in [0.1, 0.15) is 11.9 Å². The molecule has 0 radical (unpaired) electrons. The van der Waals surface area contributed by atoms with E-state index in [4.69, 9.17) is 4.98 Å². The van der Waals surface area contributed by atoms with Gasteiger partial charge in [0.05, 0.1) is 5.69 Å². The third-order valence-electron chi connectivity index (χ3n) is 5.31. The lowest BCUT2D eigenvalue weighted by Gasteiger charge is -2.29. The highest BCUT2D eigenvalue weighted by Crippen LogP contribution is 2.27. The Hall–Kier alpha value is -2.67. The van der Waals surface area contributed by atoms with Crippen LogP contribution >= 0.6 is 0 Å². The molecule has 1 aliphatic heterocycles. The molecule has 1 atom stereocenters. The first-order chi connectivity index (χ1) is 13.7. The summed E-state index contributed by atoms with van der Waals surface area (Å²) in [5.41, 5.74) is 1.85. The van der Waals surface area contributed by atoms with Gasteiger partial charge in [-0.15, -0.1) is 0 Å². The number of hydrogen-bond acceptors (Lipinski definition) is 4. The van der Waals surface area contributed by atoms with Crippen LogP contribution in [0.15, 0.2) is 30.3 Å². The Bertz CT molecular complexity index is 883. The summed E-state index contributed by atoms with van der Waals surface area (Å²) in [7, 11) is 3.63. The third kappa shape index (κ3) is 4.50. The predicted molar refractivity (Wildman–Crippen MR) is 113 cm³/mol. The molecule has 7 heteroatoms. The number of fused-ring (bicyclic) bond motifs is 1. The number of carbonyl (C=O) groups excluding carboxylic acids is 2. The average molecular weight is 398 g/mol. The Labute approximate surface area is 172 Å². The number of amides is 2. The molecule has 0 aliphatic carbocycles. The fourth-order valence-corrected chi connectivity index (χ4v) is 3.73. The topological polar surface area (TPSA) is 79.3 Å². The van der Waals surface area contributed by atoms with Crippen molar-refractivity contribution in [2.45, 2.75) is 46.3 Å². The molecule has 3 rings (SSSR count). The lowest BCUT2D eigenvalue weighted by molar-refractivity contribution is -0.124. The second kappa shape index (κ2) is 8.37. The molecule has 1 unspecified atom stereocenters. The van der Waals surface area contributed by atoms with Gasteiger partial charge in [-0.3, -0.25) is 9.59 Å². The number of nitrogens with zero attached hydrogens (tertiary/aromatic N) is 3. The minimum absolute atomic E-state index is 0.212. The fourth-order valence-electron chi connectivity index (χ4n) is 3.73. The van der Waals surface area contributed by atoms with Gasteiger partial charge in [0.2, 0.25) is 5.91 Å². The average Bonchev–Trinajstić information content (AvgIpc) is 2.92. The van der Waals surface area contributed by atoms with Crippen molar-refractivity contribution in [3.05, 3.63) is 41.7 Å². The van der Waals surface area contributed by atoms with Crippen LogP contribution in [0.3, 0.4) is 0 Å². The van der Waals surface area contributed by atoms with E-state index in [9.17, 15) is 9.59 Å². The van der Waals surface area contributed by atoms with E-state index < -0.39 is 11.5 Å². The van der Waals surface area contributed by atoms with Crippen molar-refractivity contribution in [2.75, 3.05) is 20.6 Å². The lowest BCUT2D eigenvalue weighted by Crippen LogP contribution is -2.53. The molecule has 156 valence electrons. The van der Waals surface area contributed by atoms with E-state index in [2.05, 4.69) is 27.1 Å². The van der Waals surface area contributed by atoms with Crippen LogP contribution in [0.5, 0.6) is 0 Å². The molecule has 0 saturated carbocycles. The summed E-state index contributed by atoms with van der Waals surface area (Å²) in [4.78, 5) is 32.6. The molecule has 1 aliphatic rings. The monoisotopic (exact) mass is 397 g/mol. The highest BCUT2D eigenvalue weighted by molar-refractivity contribution is 5.97. The zero-order valence-corrected chi connectivity index (χ0v) is 18.0. The molecule has 2 aromatic rings. The number of nitrogens with one attached hydrogen (secondary N) is 2. The maximum Gasteiger partial charge on any atom is 0.272 e. The second-order valence-electron chi connectivity index (χ2n) is 8.73. The minimum Gasteiger partial charge on any atom is -0.357 e. The van der Waals surface area contributed by atoms with Crippen LogP contribution in [0.2, 0.25) is 0 Å². The summed E-state index contributed by atoms with van der Waals surface area (Å²) < 4.78 is 2.15. The van der Waals surface area contributed by atoms with Gasteiger partial charge in [-0.05, 0) is 25.4 Å². The molecule has 1 aromatic heterocycles. The van der Waals surface area contributed by atoms with Crippen LogP contribution in [-0.4, -0.2) is 52.9 Å². The van der Waals surface area contributed by atoms with Crippen LogP contribution in [0.1, 0.15) is 43.4 Å². The normalized spacial score (nSPS) is 15.9. The van der Waals surface area contributed by atoms with E-state index in [-0.39, 0.29) is 11.8 Å². The Morgan fingerprint density at radius 2 is 1.83 bits per heavy atom. The molecular weight excluding hydrogens is 366 g/mol. The van der Waals surface area contributed by atoms with Crippen molar-refractivity contribution in [3.63, 3.8) is 0 Å². The lowest BCUT2D eigenvalue weighted by atomic mass is 9.86. The maximum absolute atomic E-state index is 13.3. The van der Waals surface area contributed by atoms with Gasteiger partial charge in [-0.25, -0.2) is 4.98 Å². The molecule has 2 N–H and O–H groups in total. The molecule has 2 heterocycles. The number of benzene rings is 1. The van der Waals surface area contributed by atoms with Crippen LogP contribution in [0, 0.1) is 5.41 Å². The van der Waals surface area contributed by atoms with Crippen LogP contribution in [0.4, 0.5) is 0 Å². The molecular formula is C22H31N5O2. The smallest absolute Gasteiger partial charge is 0.272 e. The maximum atomic E-state index is 13.3. The van der Waals surface area contributed by atoms with E-state index in [1.165, 1.54) is 0 Å². The zero-order valence-electron chi connectivity index (χ0n) is 18.0. The number of likely N-dealkylation sites (N-methyl/N-ethyl adjacent to an activating group) is 1. The van der Waals surface area contributed by atoms with Gasteiger partial charge in [-0.2, -0.15) is 0 Å². The summed E-state index contributed by atoms with van der Waals surface area (Å²) >= 11 is 0. The summed E-state index contributed by atoms with van der Waals surface area (Å²) in [5.74, 6) is 0.277.